The van der Waals surface area contributed by atoms with Gasteiger partial charge in [-0.2, -0.15) is 5.26 Å². The first kappa shape index (κ1) is 13.9. The van der Waals surface area contributed by atoms with Gasteiger partial charge in [0.05, 0.1) is 28.5 Å². The average Bonchev–Trinajstić information content (AvgIpc) is 2.98. The fourth-order valence-electron chi connectivity index (χ4n) is 2.28. The Kier molecular flexibility index (Phi) is 3.58. The maximum absolute atomic E-state index is 9.01. The molecular formula is C15H13ClN4S. The second-order valence-electron chi connectivity index (χ2n) is 4.80. The molecule has 0 saturated carbocycles. The van der Waals surface area contributed by atoms with Gasteiger partial charge in [-0.3, -0.25) is 4.40 Å². The molecule has 0 radical (unpaired) electrons. The van der Waals surface area contributed by atoms with Crippen molar-refractivity contribution in [2.24, 2.45) is 0 Å². The summed E-state index contributed by atoms with van der Waals surface area (Å²) < 4.78 is 2.16. The highest BCUT2D eigenvalue weighted by molar-refractivity contribution is 7.15. The molecule has 21 heavy (non-hydrogen) atoms. The first-order chi connectivity index (χ1) is 10.1. The molecule has 3 rings (SSSR count). The smallest absolute Gasteiger partial charge is 0.194 e. The van der Waals surface area contributed by atoms with Crippen LogP contribution in [0.5, 0.6) is 0 Å². The number of rotatable bonds is 3. The molecule has 0 bridgehead atoms. The fraction of sp³-hybridized carbons (Fsp3) is 0.200. The van der Waals surface area contributed by atoms with E-state index < -0.39 is 0 Å². The van der Waals surface area contributed by atoms with Gasteiger partial charge in [-0.15, -0.1) is 11.3 Å². The van der Waals surface area contributed by atoms with Crippen LogP contribution >= 0.6 is 22.9 Å². The van der Waals surface area contributed by atoms with Crippen LogP contribution in [0.4, 0.5) is 5.69 Å². The van der Waals surface area contributed by atoms with Crippen molar-refractivity contribution in [1.29, 1.82) is 5.26 Å². The molecule has 1 N–H and O–H groups in total. The summed E-state index contributed by atoms with van der Waals surface area (Å²) in [5.41, 5.74) is 4.69. The highest BCUT2D eigenvalue weighted by Crippen LogP contribution is 2.23. The highest BCUT2D eigenvalue weighted by Gasteiger charge is 2.12. The lowest BCUT2D eigenvalue weighted by molar-refractivity contribution is 0.966. The topological polar surface area (TPSA) is 53.1 Å². The van der Waals surface area contributed by atoms with Gasteiger partial charge in [-0.1, -0.05) is 11.6 Å². The van der Waals surface area contributed by atoms with Crippen LogP contribution in [0.3, 0.4) is 0 Å². The number of imidazole rings is 1. The summed E-state index contributed by atoms with van der Waals surface area (Å²) >= 11 is 7.58. The fourth-order valence-corrected chi connectivity index (χ4v) is 3.37. The minimum Gasteiger partial charge on any atom is -0.379 e. The largest absolute Gasteiger partial charge is 0.379 e. The number of thiazole rings is 1. The van der Waals surface area contributed by atoms with Crippen LogP contribution in [0.25, 0.3) is 4.96 Å². The van der Waals surface area contributed by atoms with Crippen molar-refractivity contribution in [3.8, 4) is 6.07 Å². The van der Waals surface area contributed by atoms with E-state index in [9.17, 15) is 0 Å². The van der Waals surface area contributed by atoms with E-state index in [0.29, 0.717) is 17.1 Å². The van der Waals surface area contributed by atoms with Crippen LogP contribution in [0.1, 0.15) is 22.6 Å². The van der Waals surface area contributed by atoms with Crippen LogP contribution < -0.4 is 5.32 Å². The maximum Gasteiger partial charge on any atom is 0.194 e. The van der Waals surface area contributed by atoms with E-state index in [2.05, 4.69) is 33.1 Å². The summed E-state index contributed by atoms with van der Waals surface area (Å²) in [5.74, 6) is 0. The Bertz CT molecular complexity index is 857. The summed E-state index contributed by atoms with van der Waals surface area (Å²) in [4.78, 5) is 5.57. The van der Waals surface area contributed by atoms with Gasteiger partial charge < -0.3 is 5.32 Å². The van der Waals surface area contributed by atoms with E-state index in [1.165, 1.54) is 5.69 Å². The number of anilines is 1. The zero-order chi connectivity index (χ0) is 15.0. The third-order valence-corrected chi connectivity index (χ3v) is 4.65. The molecule has 0 aliphatic rings. The van der Waals surface area contributed by atoms with Gasteiger partial charge >= 0.3 is 0 Å². The molecule has 4 nitrogen and oxygen atoms in total. The van der Waals surface area contributed by atoms with Gasteiger partial charge in [-0.05, 0) is 32.0 Å². The van der Waals surface area contributed by atoms with Crippen LogP contribution in [0, 0.1) is 25.2 Å². The number of hydrogen-bond donors (Lipinski definition) is 1. The van der Waals surface area contributed by atoms with Crippen LogP contribution in [0.15, 0.2) is 23.6 Å². The molecule has 0 fully saturated rings. The van der Waals surface area contributed by atoms with Crippen LogP contribution in [-0.4, -0.2) is 9.38 Å². The SMILES string of the molecule is Cc1nc2scc(C)n2c1CNc1ccc(Cl)c(C#N)c1. The molecule has 0 unspecified atom stereocenters. The summed E-state index contributed by atoms with van der Waals surface area (Å²) in [5, 5.41) is 14.9. The Labute approximate surface area is 131 Å². The molecule has 6 heteroatoms. The standard InChI is InChI=1S/C15H13ClN4S/c1-9-8-21-15-19-10(2)14(20(9)15)7-18-12-3-4-13(16)11(5-12)6-17/h3-5,8,18H,7H2,1-2H3. The molecule has 0 spiro atoms. The second-order valence-corrected chi connectivity index (χ2v) is 6.04. The predicted octanol–water partition coefficient (Wildman–Crippen LogP) is 4.15. The molecule has 0 amide bonds. The second kappa shape index (κ2) is 5.40. The van der Waals surface area contributed by atoms with Gasteiger partial charge in [0, 0.05) is 16.8 Å². The number of hydrogen-bond acceptors (Lipinski definition) is 4. The maximum atomic E-state index is 9.01. The number of halogens is 1. The molecule has 2 aromatic heterocycles. The molecule has 1 aromatic carbocycles. The van der Waals surface area contributed by atoms with Crippen molar-refractivity contribution >= 4 is 33.6 Å². The summed E-state index contributed by atoms with van der Waals surface area (Å²) in [6.45, 7) is 4.74. The normalized spacial score (nSPS) is 10.8. The van der Waals surface area contributed by atoms with E-state index in [1.54, 1.807) is 23.5 Å². The van der Waals surface area contributed by atoms with E-state index >= 15 is 0 Å². The Morgan fingerprint density at radius 2 is 2.24 bits per heavy atom. The quantitative estimate of drug-likeness (QED) is 0.789. The minimum absolute atomic E-state index is 0.472. The van der Waals surface area contributed by atoms with Crippen molar-refractivity contribution < 1.29 is 0 Å². The van der Waals surface area contributed by atoms with Crippen LogP contribution in [-0.2, 0) is 6.54 Å². The Hall–Kier alpha value is -2.03. The zero-order valence-corrected chi connectivity index (χ0v) is 13.2. The predicted molar refractivity (Wildman–Crippen MR) is 86.0 cm³/mol. The molecule has 106 valence electrons. The van der Waals surface area contributed by atoms with Gasteiger partial charge in [-0.25, -0.2) is 4.98 Å². The number of nitrogens with one attached hydrogen (secondary N) is 1. The van der Waals surface area contributed by atoms with Crippen molar-refractivity contribution in [2.75, 3.05) is 5.32 Å². The molecule has 0 atom stereocenters. The van der Waals surface area contributed by atoms with Gasteiger partial charge in [0.2, 0.25) is 0 Å². The molecule has 3 aromatic rings. The van der Waals surface area contributed by atoms with E-state index in [-0.39, 0.29) is 0 Å². The molecule has 2 heterocycles. The summed E-state index contributed by atoms with van der Waals surface area (Å²) in [6, 6.07) is 7.45. The van der Waals surface area contributed by atoms with Crippen molar-refractivity contribution in [1.82, 2.24) is 9.38 Å². The highest BCUT2D eigenvalue weighted by atomic mass is 35.5. The lowest BCUT2D eigenvalue weighted by Crippen LogP contribution is -2.04. The first-order valence-electron chi connectivity index (χ1n) is 6.45. The number of nitrogens with zero attached hydrogens (tertiary/aromatic N) is 3. The van der Waals surface area contributed by atoms with Crippen LogP contribution in [0.2, 0.25) is 5.02 Å². The zero-order valence-electron chi connectivity index (χ0n) is 11.6. The summed E-state index contributed by atoms with van der Waals surface area (Å²) in [6.07, 6.45) is 0. The van der Waals surface area contributed by atoms with E-state index in [1.807, 2.05) is 13.0 Å². The molecule has 0 saturated heterocycles. The molecule has 0 aliphatic carbocycles. The monoisotopic (exact) mass is 316 g/mol. The van der Waals surface area contributed by atoms with E-state index in [0.717, 1.165) is 22.0 Å². The molecular weight excluding hydrogens is 304 g/mol. The van der Waals surface area contributed by atoms with Crippen molar-refractivity contribution in [3.63, 3.8) is 0 Å². The Balaban J connectivity index is 1.88. The molecule has 0 aliphatic heterocycles. The van der Waals surface area contributed by atoms with Gasteiger partial charge in [0.25, 0.3) is 0 Å². The van der Waals surface area contributed by atoms with Crippen molar-refractivity contribution in [3.05, 3.63) is 51.2 Å². The number of fused-ring (bicyclic) bond motifs is 1. The van der Waals surface area contributed by atoms with Gasteiger partial charge in [0.1, 0.15) is 6.07 Å². The number of aromatic nitrogens is 2. The van der Waals surface area contributed by atoms with Crippen molar-refractivity contribution in [2.45, 2.75) is 20.4 Å². The first-order valence-corrected chi connectivity index (χ1v) is 7.71. The van der Waals surface area contributed by atoms with E-state index in [4.69, 9.17) is 16.9 Å². The number of benzene rings is 1. The number of aryl methyl sites for hydroxylation is 2. The third-order valence-electron chi connectivity index (χ3n) is 3.38. The Morgan fingerprint density at radius 3 is 3.00 bits per heavy atom. The lowest BCUT2D eigenvalue weighted by Gasteiger charge is -2.08. The van der Waals surface area contributed by atoms with Gasteiger partial charge in [0.15, 0.2) is 4.96 Å². The lowest BCUT2D eigenvalue weighted by atomic mass is 10.2. The Morgan fingerprint density at radius 1 is 1.43 bits per heavy atom. The third kappa shape index (κ3) is 2.48. The minimum atomic E-state index is 0.472. The number of nitriles is 1. The summed E-state index contributed by atoms with van der Waals surface area (Å²) in [7, 11) is 0. The average molecular weight is 317 g/mol.